The summed E-state index contributed by atoms with van der Waals surface area (Å²) in [6.45, 7) is 3.17. The van der Waals surface area contributed by atoms with Gasteiger partial charge in [-0.3, -0.25) is 0 Å². The van der Waals surface area contributed by atoms with Crippen molar-refractivity contribution in [2.75, 3.05) is 6.54 Å². The molecule has 126 valence electrons. The van der Waals surface area contributed by atoms with Gasteiger partial charge in [0, 0.05) is 25.0 Å². The lowest BCUT2D eigenvalue weighted by Crippen LogP contribution is -2.59. The van der Waals surface area contributed by atoms with Gasteiger partial charge in [-0.25, -0.2) is 18.1 Å². The average Bonchev–Trinajstić information content (AvgIpc) is 3.03. The molecule has 6 nitrogen and oxygen atoms in total. The van der Waals surface area contributed by atoms with Gasteiger partial charge in [-0.05, 0) is 25.2 Å². The van der Waals surface area contributed by atoms with Crippen LogP contribution in [0.2, 0.25) is 0 Å². The molecule has 1 aromatic rings. The van der Waals surface area contributed by atoms with E-state index < -0.39 is 15.6 Å². The highest BCUT2D eigenvalue weighted by molar-refractivity contribution is 7.89. The van der Waals surface area contributed by atoms with Crippen molar-refractivity contribution in [3.8, 4) is 0 Å². The van der Waals surface area contributed by atoms with Gasteiger partial charge in [-0.2, -0.15) is 0 Å². The number of sulfonamides is 1. The molecular formula is C14H25ClN4O2S. The van der Waals surface area contributed by atoms with Crippen molar-refractivity contribution >= 4 is 22.4 Å². The summed E-state index contributed by atoms with van der Waals surface area (Å²) in [7, 11) is -3.57. The van der Waals surface area contributed by atoms with Gasteiger partial charge in [0.15, 0.2) is 5.03 Å². The number of nitrogens with two attached hydrogens (primary N) is 1. The molecule has 1 fully saturated rings. The molecule has 2 unspecified atom stereocenters. The highest BCUT2D eigenvalue weighted by Gasteiger charge is 2.41. The minimum Gasteiger partial charge on any atom is -0.329 e. The SMILES string of the molecule is CC1CCCCC1(CN)NS(=O)(=O)c1cnc2n1CCC2.Cl. The number of hydrogen-bond acceptors (Lipinski definition) is 4. The van der Waals surface area contributed by atoms with Crippen molar-refractivity contribution in [3.05, 3.63) is 12.0 Å². The predicted octanol–water partition coefficient (Wildman–Crippen LogP) is 1.44. The van der Waals surface area contributed by atoms with Crippen LogP contribution < -0.4 is 10.5 Å². The largest absolute Gasteiger partial charge is 0.329 e. The van der Waals surface area contributed by atoms with Crippen molar-refractivity contribution in [2.24, 2.45) is 11.7 Å². The molecular weight excluding hydrogens is 324 g/mol. The summed E-state index contributed by atoms with van der Waals surface area (Å²) in [5.41, 5.74) is 5.44. The molecule has 1 aromatic heterocycles. The molecule has 0 radical (unpaired) electrons. The number of hydrogen-bond donors (Lipinski definition) is 2. The fourth-order valence-electron chi connectivity index (χ4n) is 3.67. The number of halogens is 1. The van der Waals surface area contributed by atoms with E-state index in [1.807, 2.05) is 4.57 Å². The Labute approximate surface area is 138 Å². The zero-order valence-electron chi connectivity index (χ0n) is 12.9. The molecule has 3 N–H and O–H groups in total. The number of aromatic nitrogens is 2. The van der Waals surface area contributed by atoms with Gasteiger partial charge in [0.25, 0.3) is 10.0 Å². The van der Waals surface area contributed by atoms with Crippen molar-refractivity contribution in [1.82, 2.24) is 14.3 Å². The van der Waals surface area contributed by atoms with Gasteiger partial charge in [-0.1, -0.05) is 19.8 Å². The van der Waals surface area contributed by atoms with Gasteiger partial charge in [0.1, 0.15) is 5.82 Å². The maximum Gasteiger partial charge on any atom is 0.258 e. The van der Waals surface area contributed by atoms with Crippen LogP contribution in [0.5, 0.6) is 0 Å². The summed E-state index contributed by atoms with van der Waals surface area (Å²) in [5.74, 6) is 1.13. The molecule has 8 heteroatoms. The van der Waals surface area contributed by atoms with Crippen molar-refractivity contribution in [1.29, 1.82) is 0 Å². The summed E-state index contributed by atoms with van der Waals surface area (Å²) in [5, 5.41) is 0.292. The Morgan fingerprint density at radius 1 is 1.45 bits per heavy atom. The Morgan fingerprint density at radius 2 is 2.23 bits per heavy atom. The molecule has 22 heavy (non-hydrogen) atoms. The summed E-state index contributed by atoms with van der Waals surface area (Å²) in [6, 6.07) is 0. The molecule has 2 aliphatic rings. The molecule has 2 heterocycles. The normalized spacial score (nSPS) is 28.2. The minimum atomic E-state index is -3.57. The third-order valence-electron chi connectivity index (χ3n) is 5.11. The Morgan fingerprint density at radius 3 is 2.91 bits per heavy atom. The summed E-state index contributed by atoms with van der Waals surface area (Å²) >= 11 is 0. The van der Waals surface area contributed by atoms with Crippen LogP contribution in [0.25, 0.3) is 0 Å². The lowest BCUT2D eigenvalue weighted by molar-refractivity contribution is 0.191. The van der Waals surface area contributed by atoms with Gasteiger partial charge in [-0.15, -0.1) is 12.4 Å². The first-order valence-corrected chi connectivity index (χ1v) is 9.25. The lowest BCUT2D eigenvalue weighted by Gasteiger charge is -2.42. The lowest BCUT2D eigenvalue weighted by atomic mass is 9.74. The van der Waals surface area contributed by atoms with Gasteiger partial charge in [0.05, 0.1) is 6.20 Å². The Balaban J connectivity index is 0.00000176. The Hall–Kier alpha value is -0.630. The topological polar surface area (TPSA) is 90.0 Å². The van der Waals surface area contributed by atoms with Crippen LogP contribution in [0.4, 0.5) is 0 Å². The molecule has 0 spiro atoms. The van der Waals surface area contributed by atoms with E-state index in [0.717, 1.165) is 50.9 Å². The number of nitrogens with zero attached hydrogens (tertiary/aromatic N) is 2. The Kier molecular flexibility index (Phi) is 5.21. The monoisotopic (exact) mass is 348 g/mol. The number of imidazole rings is 1. The first-order valence-electron chi connectivity index (χ1n) is 7.77. The summed E-state index contributed by atoms with van der Waals surface area (Å²) in [6.07, 6.45) is 7.29. The molecule has 1 aliphatic heterocycles. The van der Waals surface area contributed by atoms with E-state index >= 15 is 0 Å². The highest BCUT2D eigenvalue weighted by Crippen LogP contribution is 2.34. The van der Waals surface area contributed by atoms with Crippen molar-refractivity contribution < 1.29 is 8.42 Å². The molecule has 0 bridgehead atoms. The predicted molar refractivity (Wildman–Crippen MR) is 87.5 cm³/mol. The second-order valence-corrected chi connectivity index (χ2v) is 8.01. The minimum absolute atomic E-state index is 0. The molecule has 1 saturated carbocycles. The van der Waals surface area contributed by atoms with E-state index in [2.05, 4.69) is 16.6 Å². The maximum absolute atomic E-state index is 12.8. The van der Waals surface area contributed by atoms with Gasteiger partial charge < -0.3 is 10.3 Å². The molecule has 0 aromatic carbocycles. The molecule has 0 amide bonds. The number of nitrogens with one attached hydrogen (secondary N) is 1. The van der Waals surface area contributed by atoms with Crippen molar-refractivity contribution in [3.63, 3.8) is 0 Å². The molecule has 0 saturated heterocycles. The second-order valence-electron chi connectivity index (χ2n) is 6.38. The first kappa shape index (κ1) is 17.7. The second kappa shape index (κ2) is 6.47. The number of rotatable bonds is 4. The van der Waals surface area contributed by atoms with Crippen LogP contribution in [0.15, 0.2) is 11.2 Å². The average molecular weight is 349 g/mol. The third-order valence-corrected chi connectivity index (χ3v) is 6.67. The van der Waals surface area contributed by atoms with E-state index in [0.29, 0.717) is 11.6 Å². The molecule has 2 atom stereocenters. The van der Waals surface area contributed by atoms with Crippen LogP contribution in [0.1, 0.15) is 44.9 Å². The fourth-order valence-corrected chi connectivity index (χ4v) is 5.38. The van der Waals surface area contributed by atoms with Crippen LogP contribution >= 0.6 is 12.4 Å². The summed E-state index contributed by atoms with van der Waals surface area (Å²) < 4.78 is 30.4. The summed E-state index contributed by atoms with van der Waals surface area (Å²) in [4.78, 5) is 4.24. The van der Waals surface area contributed by atoms with Crippen LogP contribution in [-0.2, 0) is 23.0 Å². The fraction of sp³-hybridized carbons (Fsp3) is 0.786. The van der Waals surface area contributed by atoms with Crippen LogP contribution in [0.3, 0.4) is 0 Å². The van der Waals surface area contributed by atoms with Crippen LogP contribution in [-0.4, -0.2) is 30.1 Å². The zero-order valence-corrected chi connectivity index (χ0v) is 14.5. The van der Waals surface area contributed by atoms with Gasteiger partial charge in [0.2, 0.25) is 0 Å². The highest BCUT2D eigenvalue weighted by atomic mass is 35.5. The van der Waals surface area contributed by atoms with E-state index in [1.54, 1.807) is 0 Å². The third kappa shape index (κ3) is 2.91. The quantitative estimate of drug-likeness (QED) is 0.861. The van der Waals surface area contributed by atoms with Crippen molar-refractivity contribution in [2.45, 2.75) is 62.6 Å². The smallest absolute Gasteiger partial charge is 0.258 e. The van der Waals surface area contributed by atoms with E-state index in [1.165, 1.54) is 6.20 Å². The van der Waals surface area contributed by atoms with E-state index in [9.17, 15) is 8.42 Å². The van der Waals surface area contributed by atoms with E-state index in [4.69, 9.17) is 5.73 Å². The number of aryl methyl sites for hydroxylation is 1. The Bertz CT molecular complexity index is 631. The standard InChI is InChI=1S/C14H24N4O2S.ClH/c1-11-5-2-3-7-14(11,10-15)17-21(19,20)13-9-16-12-6-4-8-18(12)13;/h9,11,17H,2-8,10,15H2,1H3;1H. The van der Waals surface area contributed by atoms with Gasteiger partial charge >= 0.3 is 0 Å². The molecule has 1 aliphatic carbocycles. The van der Waals surface area contributed by atoms with Crippen LogP contribution in [0, 0.1) is 5.92 Å². The maximum atomic E-state index is 12.8. The zero-order chi connectivity index (χ0) is 15.1. The van der Waals surface area contributed by atoms with E-state index in [-0.39, 0.29) is 18.3 Å². The molecule has 3 rings (SSSR count). The number of fused-ring (bicyclic) bond motifs is 1. The first-order chi connectivity index (χ1) is 9.98.